The topological polar surface area (TPSA) is 25.8 Å². The predicted molar refractivity (Wildman–Crippen MR) is 248 cm³/mol. The highest BCUT2D eigenvalue weighted by atomic mass is 14.9. The first-order valence-corrected chi connectivity index (χ1v) is 19.4. The molecule has 0 amide bonds. The molecule has 0 fully saturated rings. The number of rotatable bonds is 10. The lowest BCUT2D eigenvalue weighted by atomic mass is 9.94. The van der Waals surface area contributed by atoms with Crippen LogP contribution in [0.3, 0.4) is 0 Å². The molecule has 1 aromatic heterocycles. The van der Waals surface area contributed by atoms with Gasteiger partial charge in [0.05, 0.1) is 11.4 Å². The largest absolute Gasteiger partial charge is 0.228 e. The third-order valence-corrected chi connectivity index (χ3v) is 8.64. The van der Waals surface area contributed by atoms with Gasteiger partial charge in [0.15, 0.2) is 5.82 Å². The predicted octanol–water partition coefficient (Wildman–Crippen LogP) is 15.9. The van der Waals surface area contributed by atoms with E-state index in [9.17, 15) is 0 Å². The van der Waals surface area contributed by atoms with Crippen molar-refractivity contribution in [2.75, 3.05) is 0 Å². The fraction of sp³-hybridized carbons (Fsp3) is 0.208. The van der Waals surface area contributed by atoms with Crippen LogP contribution < -0.4 is 0 Å². The molecule has 0 atom stereocenters. The van der Waals surface area contributed by atoms with Gasteiger partial charge in [-0.2, -0.15) is 0 Å². The quantitative estimate of drug-likeness (QED) is 0.134. The first-order valence-electron chi connectivity index (χ1n) is 19.4. The zero-order chi connectivity index (χ0) is 40.9. The van der Waals surface area contributed by atoms with Crippen LogP contribution >= 0.6 is 0 Å². The average Bonchev–Trinajstić information content (AvgIpc) is 3.21. The van der Waals surface area contributed by atoms with Crippen molar-refractivity contribution in [3.05, 3.63) is 198 Å². The van der Waals surface area contributed by atoms with E-state index in [2.05, 4.69) is 152 Å². The van der Waals surface area contributed by atoms with Gasteiger partial charge in [0, 0.05) is 16.7 Å². The van der Waals surface area contributed by atoms with Crippen LogP contribution in [0.15, 0.2) is 159 Å². The summed E-state index contributed by atoms with van der Waals surface area (Å²) < 4.78 is 0. The van der Waals surface area contributed by atoms with E-state index in [1.807, 2.05) is 77.1 Å². The zero-order valence-electron chi connectivity index (χ0n) is 35.3. The summed E-state index contributed by atoms with van der Waals surface area (Å²) in [7, 11) is 0. The molecule has 2 nitrogen and oxygen atoms in total. The highest BCUT2D eigenvalue weighted by Crippen LogP contribution is 2.32. The Kier molecular flexibility index (Phi) is 19.5. The van der Waals surface area contributed by atoms with Crippen molar-refractivity contribution in [3.63, 3.8) is 0 Å². The number of hydrogen-bond donors (Lipinski definition) is 0. The monoisotopic (exact) mass is 726 g/mol. The van der Waals surface area contributed by atoms with Gasteiger partial charge in [-0.3, -0.25) is 0 Å². The van der Waals surface area contributed by atoms with E-state index in [4.69, 9.17) is 9.97 Å². The molecular formula is C53H62N2. The summed E-state index contributed by atoms with van der Waals surface area (Å²) in [6.45, 7) is 34.7. The minimum Gasteiger partial charge on any atom is -0.228 e. The molecule has 0 saturated heterocycles. The maximum atomic E-state index is 5.00. The van der Waals surface area contributed by atoms with Gasteiger partial charge in [0.25, 0.3) is 0 Å². The van der Waals surface area contributed by atoms with Crippen LogP contribution in [0.1, 0.15) is 101 Å². The summed E-state index contributed by atoms with van der Waals surface area (Å²) in [6.07, 6.45) is 12.2. The Morgan fingerprint density at radius 3 is 1.80 bits per heavy atom. The smallest absolute Gasteiger partial charge is 0.160 e. The maximum absolute atomic E-state index is 5.00. The van der Waals surface area contributed by atoms with E-state index in [-0.39, 0.29) is 0 Å². The van der Waals surface area contributed by atoms with Gasteiger partial charge in [0.1, 0.15) is 0 Å². The molecule has 1 heterocycles. The van der Waals surface area contributed by atoms with E-state index in [0.717, 1.165) is 55.9 Å². The molecule has 0 aliphatic rings. The molecule has 2 heteroatoms. The highest BCUT2D eigenvalue weighted by Gasteiger charge is 2.16. The van der Waals surface area contributed by atoms with Gasteiger partial charge < -0.3 is 0 Å². The number of aryl methyl sites for hydroxylation is 1. The number of hydrogen-bond acceptors (Lipinski definition) is 2. The number of nitrogens with zero attached hydrogens (tertiary/aromatic N) is 2. The summed E-state index contributed by atoms with van der Waals surface area (Å²) in [5.41, 5.74) is 16.8. The fourth-order valence-electron chi connectivity index (χ4n) is 5.82. The third kappa shape index (κ3) is 12.9. The lowest BCUT2D eigenvalue weighted by molar-refractivity contribution is 1.11. The molecule has 284 valence electrons. The van der Waals surface area contributed by atoms with E-state index < -0.39 is 0 Å². The van der Waals surface area contributed by atoms with Crippen LogP contribution in [0.2, 0.25) is 0 Å². The summed E-state index contributed by atoms with van der Waals surface area (Å²) >= 11 is 0. The first kappa shape index (κ1) is 45.3. The Bertz CT molecular complexity index is 2120. The minimum atomic E-state index is 0.716. The molecule has 0 unspecified atom stereocenters. The SMILES string of the molecule is C=C(/C=C(\C)c1cccc(C)c1/C=C\C)c1ccccc1.C=C/C=C\C(=C(C)C)c1nc(-c2ccc(C(=C)C)cc2)nc(-c2ccccc2)c1C.CC.CC. The molecule has 5 aromatic rings. The van der Waals surface area contributed by atoms with Crippen molar-refractivity contribution in [2.45, 2.75) is 76.2 Å². The van der Waals surface area contributed by atoms with Crippen molar-refractivity contribution in [3.8, 4) is 22.6 Å². The van der Waals surface area contributed by atoms with Crippen LogP contribution in [0.5, 0.6) is 0 Å². The van der Waals surface area contributed by atoms with Gasteiger partial charge in [-0.05, 0) is 93.0 Å². The third-order valence-electron chi connectivity index (χ3n) is 8.64. The lowest BCUT2D eigenvalue weighted by Gasteiger charge is -2.15. The summed E-state index contributed by atoms with van der Waals surface area (Å²) in [6, 6.07) is 35.3. The fourth-order valence-corrected chi connectivity index (χ4v) is 5.82. The summed E-state index contributed by atoms with van der Waals surface area (Å²) in [5.74, 6) is 0.716. The molecular weight excluding hydrogens is 665 g/mol. The lowest BCUT2D eigenvalue weighted by Crippen LogP contribution is -2.03. The molecule has 0 N–H and O–H groups in total. The van der Waals surface area contributed by atoms with Crippen LogP contribution in [-0.4, -0.2) is 9.97 Å². The normalized spacial score (nSPS) is 10.6. The standard InChI is InChI=1S/C28H28N2.C21H22.2C2H6/c1-7-8-14-25(20(4)5)27-21(6)26(23-12-10-9-11-13-23)29-28(30-27)24-17-15-22(16-18-24)19(2)3;1-5-10-20-16(2)11-9-14-21(20)18(4)15-17(3)19-12-7-6-8-13-19;2*1-2/h7-18H,1-2H2,3-6H3;5-15H,3H2,1-2,4H3;2*1-2H3/b14-8-;10-5-,18-15+;;. The first-order chi connectivity index (χ1) is 26.5. The second-order valence-corrected chi connectivity index (χ2v) is 12.9. The molecule has 55 heavy (non-hydrogen) atoms. The van der Waals surface area contributed by atoms with E-state index in [1.54, 1.807) is 6.08 Å². The van der Waals surface area contributed by atoms with Crippen molar-refractivity contribution in [1.29, 1.82) is 0 Å². The summed E-state index contributed by atoms with van der Waals surface area (Å²) in [5, 5.41) is 0. The van der Waals surface area contributed by atoms with Crippen LogP contribution in [-0.2, 0) is 0 Å². The van der Waals surface area contributed by atoms with Crippen molar-refractivity contribution in [2.24, 2.45) is 0 Å². The minimum absolute atomic E-state index is 0.716. The molecule has 5 rings (SSSR count). The molecule has 4 aromatic carbocycles. The molecule has 0 aliphatic heterocycles. The van der Waals surface area contributed by atoms with E-state index >= 15 is 0 Å². The Labute approximate surface area is 333 Å². The van der Waals surface area contributed by atoms with Crippen molar-refractivity contribution in [1.82, 2.24) is 9.97 Å². The Morgan fingerprint density at radius 1 is 0.655 bits per heavy atom. The van der Waals surface area contributed by atoms with Crippen LogP contribution in [0.25, 0.3) is 51.0 Å². The molecule has 0 radical (unpaired) electrons. The van der Waals surface area contributed by atoms with E-state index in [0.29, 0.717) is 5.82 Å². The summed E-state index contributed by atoms with van der Waals surface area (Å²) in [4.78, 5) is 9.97. The van der Waals surface area contributed by atoms with Gasteiger partial charge in [-0.15, -0.1) is 0 Å². The average molecular weight is 727 g/mol. The number of allylic oxidation sites excluding steroid dienone is 10. The number of aromatic nitrogens is 2. The second-order valence-electron chi connectivity index (χ2n) is 12.9. The molecule has 0 aliphatic carbocycles. The maximum Gasteiger partial charge on any atom is 0.160 e. The zero-order valence-corrected chi connectivity index (χ0v) is 35.3. The Morgan fingerprint density at radius 2 is 1.25 bits per heavy atom. The Hall–Kier alpha value is -5.86. The van der Waals surface area contributed by atoms with Gasteiger partial charge >= 0.3 is 0 Å². The highest BCUT2D eigenvalue weighted by molar-refractivity contribution is 5.85. The van der Waals surface area contributed by atoms with Gasteiger partial charge in [-0.25, -0.2) is 9.97 Å². The molecule has 0 spiro atoms. The van der Waals surface area contributed by atoms with Crippen molar-refractivity contribution >= 4 is 28.4 Å². The van der Waals surface area contributed by atoms with Crippen molar-refractivity contribution < 1.29 is 0 Å². The van der Waals surface area contributed by atoms with E-state index in [1.165, 1.54) is 27.8 Å². The Balaban J connectivity index is 0.000000367. The van der Waals surface area contributed by atoms with Gasteiger partial charge in [-0.1, -0.05) is 198 Å². The van der Waals surface area contributed by atoms with Gasteiger partial charge in [0.2, 0.25) is 0 Å². The second kappa shape index (κ2) is 23.7. The molecule has 0 saturated carbocycles. The molecule has 0 bridgehead atoms. The van der Waals surface area contributed by atoms with Crippen LogP contribution in [0.4, 0.5) is 0 Å². The number of benzene rings is 4. The van der Waals surface area contributed by atoms with Crippen LogP contribution in [0, 0.1) is 13.8 Å².